The smallest absolute Gasteiger partial charge is 0.306 e. The highest BCUT2D eigenvalue weighted by Gasteiger charge is 2.26. The summed E-state index contributed by atoms with van der Waals surface area (Å²) in [5.74, 6) is -0.0945. The van der Waals surface area contributed by atoms with Gasteiger partial charge in [-0.15, -0.1) is 0 Å². The van der Waals surface area contributed by atoms with Crippen LogP contribution in [0.5, 0.6) is 0 Å². The van der Waals surface area contributed by atoms with Gasteiger partial charge in [-0.1, -0.05) is 148 Å². The Morgan fingerprint density at radius 1 is 0.761 bits per heavy atom. The fourth-order valence-electron chi connectivity index (χ4n) is 5.47. The van der Waals surface area contributed by atoms with Gasteiger partial charge in [0.15, 0.2) is 0 Å². The van der Waals surface area contributed by atoms with Gasteiger partial charge >= 0.3 is 5.97 Å². The molecule has 0 spiro atoms. The van der Waals surface area contributed by atoms with Crippen LogP contribution in [0.25, 0.3) is 0 Å². The molecular weight excluding hydrogens is 560 g/mol. The Kier molecular flexibility index (Phi) is 24.0. The van der Waals surface area contributed by atoms with Gasteiger partial charge in [-0.25, -0.2) is 0 Å². The molecule has 1 aliphatic carbocycles. The Bertz CT molecular complexity index is 1140. The number of allylic oxidation sites excluding steroid dienone is 19. The lowest BCUT2D eigenvalue weighted by Crippen LogP contribution is -2.19. The molecule has 0 heterocycles. The number of ether oxygens (including phenoxy) is 1. The lowest BCUT2D eigenvalue weighted by Gasteiger charge is -2.32. The number of unbranched alkanes of at least 4 members (excludes halogenated alkanes) is 5. The van der Waals surface area contributed by atoms with E-state index in [2.05, 4.69) is 126 Å². The van der Waals surface area contributed by atoms with Gasteiger partial charge < -0.3 is 4.74 Å². The SMILES string of the molecule is CC/C=C\C/C=C\C/C=C\C/C=C\C/C=C\CCCCCCCC(=O)OC/C=C(C)/C=C/C=C(C)/C=C/C1=C(C)CCCC1(C)C. The largest absolute Gasteiger partial charge is 0.461 e. The number of carbonyl (C=O) groups excluding carboxylic acids is 1. The maximum absolute atomic E-state index is 12.1. The predicted molar refractivity (Wildman–Crippen MR) is 204 cm³/mol. The highest BCUT2D eigenvalue weighted by molar-refractivity contribution is 5.69. The molecule has 0 aliphatic heterocycles. The van der Waals surface area contributed by atoms with Crippen molar-refractivity contribution >= 4 is 5.97 Å². The second-order valence-corrected chi connectivity index (χ2v) is 13.2. The molecule has 2 nitrogen and oxygen atoms in total. The van der Waals surface area contributed by atoms with Crippen molar-refractivity contribution in [3.63, 3.8) is 0 Å². The Morgan fingerprint density at radius 3 is 1.98 bits per heavy atom. The predicted octanol–water partition coefficient (Wildman–Crippen LogP) is 13.5. The van der Waals surface area contributed by atoms with Gasteiger partial charge in [0, 0.05) is 6.42 Å². The van der Waals surface area contributed by atoms with Crippen LogP contribution in [0, 0.1) is 5.41 Å². The van der Waals surface area contributed by atoms with Crippen molar-refractivity contribution in [2.45, 2.75) is 138 Å². The van der Waals surface area contributed by atoms with E-state index in [4.69, 9.17) is 4.74 Å². The van der Waals surface area contributed by atoms with Crippen molar-refractivity contribution in [3.05, 3.63) is 120 Å². The minimum absolute atomic E-state index is 0.0945. The van der Waals surface area contributed by atoms with E-state index >= 15 is 0 Å². The van der Waals surface area contributed by atoms with Crippen molar-refractivity contribution in [2.75, 3.05) is 6.61 Å². The molecule has 1 rings (SSSR count). The summed E-state index contributed by atoms with van der Waals surface area (Å²) in [6.07, 6.45) is 51.4. The number of carbonyl (C=O) groups is 1. The molecule has 0 saturated carbocycles. The molecule has 0 N–H and O–H groups in total. The van der Waals surface area contributed by atoms with Crippen molar-refractivity contribution in [3.8, 4) is 0 Å². The molecule has 0 atom stereocenters. The first-order valence-electron chi connectivity index (χ1n) is 18.1. The van der Waals surface area contributed by atoms with Crippen LogP contribution in [-0.4, -0.2) is 12.6 Å². The van der Waals surface area contributed by atoms with E-state index in [1.807, 2.05) is 13.0 Å². The van der Waals surface area contributed by atoms with Crippen LogP contribution in [0.2, 0.25) is 0 Å². The average Bonchev–Trinajstić information content (AvgIpc) is 3.01. The van der Waals surface area contributed by atoms with E-state index in [0.29, 0.717) is 13.0 Å². The van der Waals surface area contributed by atoms with Crippen molar-refractivity contribution in [1.82, 2.24) is 0 Å². The highest BCUT2D eigenvalue weighted by atomic mass is 16.5. The van der Waals surface area contributed by atoms with Crippen LogP contribution in [0.4, 0.5) is 0 Å². The van der Waals surface area contributed by atoms with Gasteiger partial charge in [0.25, 0.3) is 0 Å². The monoisotopic (exact) mass is 627 g/mol. The number of hydrogen-bond acceptors (Lipinski definition) is 2. The molecule has 0 amide bonds. The second-order valence-electron chi connectivity index (χ2n) is 13.2. The second kappa shape index (κ2) is 27.0. The van der Waals surface area contributed by atoms with Crippen LogP contribution in [0.3, 0.4) is 0 Å². The van der Waals surface area contributed by atoms with Crippen molar-refractivity contribution in [1.29, 1.82) is 0 Å². The molecule has 0 aromatic carbocycles. The van der Waals surface area contributed by atoms with Crippen molar-refractivity contribution in [2.24, 2.45) is 5.41 Å². The first-order chi connectivity index (χ1) is 22.3. The molecule has 0 radical (unpaired) electrons. The van der Waals surface area contributed by atoms with Crippen LogP contribution >= 0.6 is 0 Å². The minimum atomic E-state index is -0.0945. The summed E-state index contributed by atoms with van der Waals surface area (Å²) < 4.78 is 5.42. The zero-order valence-corrected chi connectivity index (χ0v) is 30.4. The quantitative estimate of drug-likeness (QED) is 0.0488. The summed E-state index contributed by atoms with van der Waals surface area (Å²) in [7, 11) is 0. The number of esters is 1. The van der Waals surface area contributed by atoms with Crippen LogP contribution in [-0.2, 0) is 9.53 Å². The molecule has 0 fully saturated rings. The topological polar surface area (TPSA) is 26.3 Å². The van der Waals surface area contributed by atoms with Crippen LogP contribution in [0.15, 0.2) is 120 Å². The standard InChI is InChI=1S/C44H66O2/c1-7-8-9-10-11-12-13-14-15-16-17-18-19-20-21-22-23-24-25-26-27-33-43(45)46-38-36-40(3)31-28-30-39(2)34-35-42-41(4)32-29-37-44(42,5)6/h8-9,11-12,14-15,17-18,20-21,28,30-31,34-36H,7,10,13,16,19,22-27,29,32-33,37-38H2,1-6H3/b9-8-,12-11-,15-14-,18-17-,21-20-,31-28+,35-34+,39-30+,40-36+. The Labute approximate surface area is 284 Å². The highest BCUT2D eigenvalue weighted by Crippen LogP contribution is 2.40. The Morgan fingerprint density at radius 2 is 1.35 bits per heavy atom. The summed E-state index contributed by atoms with van der Waals surface area (Å²) in [5, 5.41) is 0. The van der Waals surface area contributed by atoms with E-state index in [-0.39, 0.29) is 11.4 Å². The van der Waals surface area contributed by atoms with Gasteiger partial charge in [0.05, 0.1) is 0 Å². The van der Waals surface area contributed by atoms with E-state index < -0.39 is 0 Å². The average molecular weight is 627 g/mol. The minimum Gasteiger partial charge on any atom is -0.461 e. The normalized spacial score (nSPS) is 16.7. The fourth-order valence-corrected chi connectivity index (χ4v) is 5.47. The van der Waals surface area contributed by atoms with Gasteiger partial charge in [-0.3, -0.25) is 4.79 Å². The molecule has 0 bridgehead atoms. The third-order valence-electron chi connectivity index (χ3n) is 8.33. The number of hydrogen-bond donors (Lipinski definition) is 0. The van der Waals surface area contributed by atoms with Gasteiger partial charge in [-0.2, -0.15) is 0 Å². The zero-order chi connectivity index (χ0) is 33.7. The summed E-state index contributed by atoms with van der Waals surface area (Å²) in [5.41, 5.74) is 5.61. The summed E-state index contributed by atoms with van der Waals surface area (Å²) in [6, 6.07) is 0. The zero-order valence-electron chi connectivity index (χ0n) is 30.4. The third-order valence-corrected chi connectivity index (χ3v) is 8.33. The fraction of sp³-hybridized carbons (Fsp3) is 0.523. The summed E-state index contributed by atoms with van der Waals surface area (Å²) >= 11 is 0. The third kappa shape index (κ3) is 22.4. The summed E-state index contributed by atoms with van der Waals surface area (Å²) in [6.45, 7) is 13.7. The molecular formula is C44H66O2. The van der Waals surface area contributed by atoms with Crippen LogP contribution < -0.4 is 0 Å². The summed E-state index contributed by atoms with van der Waals surface area (Å²) in [4.78, 5) is 12.1. The van der Waals surface area contributed by atoms with Crippen LogP contribution in [0.1, 0.15) is 138 Å². The first-order valence-corrected chi connectivity index (χ1v) is 18.1. The van der Waals surface area contributed by atoms with Gasteiger partial charge in [-0.05, 0) is 108 Å². The Hall–Kier alpha value is -3.13. The van der Waals surface area contributed by atoms with E-state index in [1.54, 1.807) is 0 Å². The number of rotatable bonds is 23. The van der Waals surface area contributed by atoms with E-state index in [1.165, 1.54) is 55.2 Å². The maximum atomic E-state index is 12.1. The lowest BCUT2D eigenvalue weighted by atomic mass is 9.72. The molecule has 0 aromatic rings. The molecule has 0 aromatic heterocycles. The lowest BCUT2D eigenvalue weighted by molar-refractivity contribution is -0.142. The van der Waals surface area contributed by atoms with E-state index in [0.717, 1.165) is 56.9 Å². The molecule has 1 aliphatic rings. The molecule has 0 unspecified atom stereocenters. The van der Waals surface area contributed by atoms with E-state index in [9.17, 15) is 4.79 Å². The molecule has 0 saturated heterocycles. The van der Waals surface area contributed by atoms with Gasteiger partial charge in [0.1, 0.15) is 6.61 Å². The maximum Gasteiger partial charge on any atom is 0.306 e. The first kappa shape index (κ1) is 40.9. The molecule has 254 valence electrons. The van der Waals surface area contributed by atoms with Gasteiger partial charge in [0.2, 0.25) is 0 Å². The van der Waals surface area contributed by atoms with Crippen molar-refractivity contribution < 1.29 is 9.53 Å². The Balaban J connectivity index is 2.07. The molecule has 46 heavy (non-hydrogen) atoms. The molecule has 2 heteroatoms.